The van der Waals surface area contributed by atoms with E-state index in [1.54, 1.807) is 0 Å². The average Bonchev–Trinajstić information content (AvgIpc) is 3.29. The molecule has 1 saturated carbocycles. The van der Waals surface area contributed by atoms with Gasteiger partial charge in [-0.25, -0.2) is 4.79 Å². The van der Waals surface area contributed by atoms with Crippen molar-refractivity contribution in [3.8, 4) is 0 Å². The molecule has 4 amide bonds. The van der Waals surface area contributed by atoms with Crippen LogP contribution in [0.15, 0.2) is 24.3 Å². The van der Waals surface area contributed by atoms with Crippen LogP contribution in [0.2, 0.25) is 0 Å². The number of hydrogen-bond acceptors (Lipinski definition) is 4. The third kappa shape index (κ3) is 4.28. The van der Waals surface area contributed by atoms with Gasteiger partial charge in [0.25, 0.3) is 5.91 Å². The van der Waals surface area contributed by atoms with Crippen LogP contribution in [-0.4, -0.2) is 61.1 Å². The summed E-state index contributed by atoms with van der Waals surface area (Å²) in [5.41, 5.74) is 1.49. The number of quaternary nitrogens is 1. The predicted octanol–water partition coefficient (Wildman–Crippen LogP) is -0.417. The maximum absolute atomic E-state index is 12.7. The molecule has 2 saturated heterocycles. The van der Waals surface area contributed by atoms with Crippen molar-refractivity contribution in [2.45, 2.75) is 44.3 Å². The lowest BCUT2D eigenvalue weighted by Crippen LogP contribution is -3.12. The van der Waals surface area contributed by atoms with Crippen molar-refractivity contribution < 1.29 is 24.0 Å². The van der Waals surface area contributed by atoms with Crippen molar-refractivity contribution in [3.63, 3.8) is 0 Å². The Morgan fingerprint density at radius 2 is 1.83 bits per heavy atom. The van der Waals surface area contributed by atoms with E-state index < -0.39 is 11.6 Å². The smallest absolute Gasteiger partial charge is 0.325 e. The Bertz CT molecular complexity index is 785. The van der Waals surface area contributed by atoms with Gasteiger partial charge in [-0.3, -0.25) is 14.5 Å². The molecule has 1 aromatic rings. The molecule has 3 N–H and O–H groups in total. The van der Waals surface area contributed by atoms with Gasteiger partial charge in [0.15, 0.2) is 0 Å². The Balaban J connectivity index is 1.33. The predicted molar refractivity (Wildman–Crippen MR) is 105 cm³/mol. The molecular formula is C21H29N4O4+. The number of morpholine rings is 1. The van der Waals surface area contributed by atoms with Crippen molar-refractivity contribution in [1.29, 1.82) is 0 Å². The molecule has 8 heteroatoms. The second kappa shape index (κ2) is 8.51. The fourth-order valence-corrected chi connectivity index (χ4v) is 4.54. The minimum atomic E-state index is -0.773. The molecule has 8 nitrogen and oxygen atoms in total. The van der Waals surface area contributed by atoms with E-state index in [0.29, 0.717) is 19.4 Å². The zero-order chi connectivity index (χ0) is 20.3. The summed E-state index contributed by atoms with van der Waals surface area (Å²) >= 11 is 0. The minimum absolute atomic E-state index is 0.233. The highest BCUT2D eigenvalue weighted by Gasteiger charge is 2.52. The third-order valence-electron chi connectivity index (χ3n) is 6.24. The molecule has 0 bridgehead atoms. The molecule has 156 valence electrons. The molecule has 1 aromatic carbocycles. The average molecular weight is 401 g/mol. The van der Waals surface area contributed by atoms with Gasteiger partial charge in [0, 0.05) is 12.1 Å². The number of ether oxygens (including phenoxy) is 1. The number of hydrogen-bond donors (Lipinski definition) is 3. The molecule has 2 aliphatic heterocycles. The van der Waals surface area contributed by atoms with E-state index in [-0.39, 0.29) is 18.4 Å². The summed E-state index contributed by atoms with van der Waals surface area (Å²) in [6, 6.07) is 7.61. The molecular weight excluding hydrogens is 372 g/mol. The summed E-state index contributed by atoms with van der Waals surface area (Å²) in [5, 5.41) is 5.68. The van der Waals surface area contributed by atoms with E-state index in [1.807, 2.05) is 18.2 Å². The van der Waals surface area contributed by atoms with Crippen molar-refractivity contribution >= 4 is 17.8 Å². The van der Waals surface area contributed by atoms with Crippen LogP contribution in [-0.2, 0) is 27.4 Å². The van der Waals surface area contributed by atoms with Gasteiger partial charge in [-0.2, -0.15) is 0 Å². The highest BCUT2D eigenvalue weighted by molar-refractivity contribution is 6.09. The van der Waals surface area contributed by atoms with E-state index in [0.717, 1.165) is 56.2 Å². The largest absolute Gasteiger partial charge is 0.370 e. The number of imide groups is 1. The number of nitrogens with one attached hydrogen (secondary N) is 3. The first kappa shape index (κ1) is 19.8. The maximum atomic E-state index is 12.7. The molecule has 3 fully saturated rings. The minimum Gasteiger partial charge on any atom is -0.370 e. The van der Waals surface area contributed by atoms with Crippen molar-refractivity contribution in [2.24, 2.45) is 0 Å². The topological polar surface area (TPSA) is 92.2 Å². The number of nitrogens with zero attached hydrogens (tertiary/aromatic N) is 1. The van der Waals surface area contributed by atoms with Gasteiger partial charge in [-0.05, 0) is 18.4 Å². The molecule has 3 aliphatic rings. The molecule has 29 heavy (non-hydrogen) atoms. The number of carbonyl (C=O) groups excluding carboxylic acids is 3. The van der Waals surface area contributed by atoms with Gasteiger partial charge in [0.05, 0.1) is 13.2 Å². The van der Waals surface area contributed by atoms with E-state index >= 15 is 0 Å². The van der Waals surface area contributed by atoms with Crippen LogP contribution in [0.25, 0.3) is 0 Å². The number of urea groups is 1. The summed E-state index contributed by atoms with van der Waals surface area (Å²) in [7, 11) is 0. The zero-order valence-electron chi connectivity index (χ0n) is 16.7. The van der Waals surface area contributed by atoms with E-state index in [4.69, 9.17) is 4.74 Å². The Hall–Kier alpha value is -2.45. The van der Waals surface area contributed by atoms with Gasteiger partial charge >= 0.3 is 6.03 Å². The number of amides is 4. The quantitative estimate of drug-likeness (QED) is 0.565. The first-order valence-corrected chi connectivity index (χ1v) is 10.5. The Morgan fingerprint density at radius 3 is 2.55 bits per heavy atom. The van der Waals surface area contributed by atoms with Crippen LogP contribution >= 0.6 is 0 Å². The van der Waals surface area contributed by atoms with Crippen LogP contribution in [0, 0.1) is 0 Å². The van der Waals surface area contributed by atoms with Crippen LogP contribution in [0.3, 0.4) is 0 Å². The standard InChI is InChI=1S/C21H28N4O4/c26-18(15-25-19(27)21(23-20(25)28)7-3-4-8-21)22-13-16-5-1-2-6-17(16)14-24-9-11-29-12-10-24/h1-2,5-6H,3-4,7-15H2,(H,22,26)(H,23,28)/p+1. The normalized spacial score (nSPS) is 21.6. The van der Waals surface area contributed by atoms with Gasteiger partial charge in [-0.15, -0.1) is 0 Å². The first-order chi connectivity index (χ1) is 14.1. The molecule has 0 aromatic heterocycles. The molecule has 0 radical (unpaired) electrons. The Morgan fingerprint density at radius 1 is 1.14 bits per heavy atom. The summed E-state index contributed by atoms with van der Waals surface area (Å²) in [4.78, 5) is 39.9. The van der Waals surface area contributed by atoms with Crippen LogP contribution in [0.5, 0.6) is 0 Å². The van der Waals surface area contributed by atoms with Crippen LogP contribution in [0.1, 0.15) is 36.8 Å². The second-order valence-electron chi connectivity index (χ2n) is 8.20. The van der Waals surface area contributed by atoms with Gasteiger partial charge in [0.1, 0.15) is 31.7 Å². The number of carbonyl (C=O) groups is 3. The van der Waals surface area contributed by atoms with Crippen molar-refractivity contribution in [2.75, 3.05) is 32.8 Å². The molecule has 4 rings (SSSR count). The Kier molecular flexibility index (Phi) is 5.82. The summed E-state index contributed by atoms with van der Waals surface area (Å²) in [5.74, 6) is -0.580. The summed E-state index contributed by atoms with van der Waals surface area (Å²) < 4.78 is 5.42. The van der Waals surface area contributed by atoms with Crippen molar-refractivity contribution in [1.82, 2.24) is 15.5 Å². The van der Waals surface area contributed by atoms with Crippen LogP contribution < -0.4 is 15.5 Å². The number of benzene rings is 1. The first-order valence-electron chi connectivity index (χ1n) is 10.5. The van der Waals surface area contributed by atoms with Gasteiger partial charge < -0.3 is 20.3 Å². The van der Waals surface area contributed by atoms with E-state index in [9.17, 15) is 14.4 Å². The maximum Gasteiger partial charge on any atom is 0.325 e. The Labute approximate surface area is 170 Å². The van der Waals surface area contributed by atoms with Crippen LogP contribution in [0.4, 0.5) is 4.79 Å². The molecule has 2 heterocycles. The van der Waals surface area contributed by atoms with Gasteiger partial charge in [0.2, 0.25) is 5.91 Å². The fourth-order valence-electron chi connectivity index (χ4n) is 4.54. The highest BCUT2D eigenvalue weighted by atomic mass is 16.5. The lowest BCUT2D eigenvalue weighted by molar-refractivity contribution is -0.921. The monoisotopic (exact) mass is 401 g/mol. The summed E-state index contributed by atoms with van der Waals surface area (Å²) in [6.07, 6.45) is 3.17. The molecule has 0 atom stereocenters. The molecule has 1 aliphatic carbocycles. The highest BCUT2D eigenvalue weighted by Crippen LogP contribution is 2.34. The molecule has 0 unspecified atom stereocenters. The molecule has 1 spiro atoms. The van der Waals surface area contributed by atoms with Gasteiger partial charge in [-0.1, -0.05) is 37.1 Å². The lowest BCUT2D eigenvalue weighted by Gasteiger charge is -2.24. The van der Waals surface area contributed by atoms with E-state index in [2.05, 4.69) is 16.7 Å². The second-order valence-corrected chi connectivity index (χ2v) is 8.20. The lowest BCUT2D eigenvalue weighted by atomic mass is 9.98. The fraction of sp³-hybridized carbons (Fsp3) is 0.571. The third-order valence-corrected chi connectivity index (χ3v) is 6.24. The SMILES string of the molecule is O=C(CN1C(=O)NC2(CCCC2)C1=O)NCc1ccccc1C[NH+]1CCOCC1. The van der Waals surface area contributed by atoms with E-state index in [1.165, 1.54) is 10.5 Å². The summed E-state index contributed by atoms with van der Waals surface area (Å²) in [6.45, 7) is 4.56. The van der Waals surface area contributed by atoms with Crippen molar-refractivity contribution in [3.05, 3.63) is 35.4 Å². The zero-order valence-corrected chi connectivity index (χ0v) is 16.7. The number of rotatable bonds is 6.